The van der Waals surface area contributed by atoms with E-state index in [2.05, 4.69) is 11.9 Å². The number of aliphatic hydroxyl groups excluding tert-OH is 1. The maximum atomic E-state index is 13.9. The Morgan fingerprint density at radius 3 is 2.64 bits per heavy atom. The molecule has 0 saturated carbocycles. The average molecular weight is 303 g/mol. The molecule has 1 N–H and O–H groups in total. The number of benzene rings is 1. The molecule has 0 fully saturated rings. The van der Waals surface area contributed by atoms with Gasteiger partial charge in [0.15, 0.2) is 11.6 Å². The van der Waals surface area contributed by atoms with Crippen molar-refractivity contribution in [3.8, 4) is 11.6 Å². The number of ether oxygens (including phenoxy) is 1. The number of hydrogen-bond donors (Lipinski definition) is 1. The van der Waals surface area contributed by atoms with E-state index in [0.29, 0.717) is 5.75 Å². The number of aryl methyl sites for hydroxylation is 1. The van der Waals surface area contributed by atoms with Gasteiger partial charge in [0.2, 0.25) is 0 Å². The number of halogens is 1. The van der Waals surface area contributed by atoms with Crippen molar-refractivity contribution in [1.29, 1.82) is 0 Å². The summed E-state index contributed by atoms with van der Waals surface area (Å²) in [6.07, 6.45) is 4.44. The number of rotatable bonds is 7. The number of carbonyl (C=O) groups is 1. The molecule has 2 rings (SSSR count). The molecule has 116 valence electrons. The molecule has 0 atom stereocenters. The number of unbranched alkanes of at least 4 members (excludes halogenated alkanes) is 1. The highest BCUT2D eigenvalue weighted by Crippen LogP contribution is 2.23. The smallest absolute Gasteiger partial charge is 0.255 e. The summed E-state index contributed by atoms with van der Waals surface area (Å²) in [6, 6.07) is 8.41. The normalized spacial score (nSPS) is 10.5. The van der Waals surface area contributed by atoms with Gasteiger partial charge in [0.1, 0.15) is 12.4 Å². The number of nitrogens with zero attached hydrogens (tertiary/aromatic N) is 1. The van der Waals surface area contributed by atoms with Crippen molar-refractivity contribution >= 4 is 5.78 Å². The fourth-order valence-corrected chi connectivity index (χ4v) is 1.96. The van der Waals surface area contributed by atoms with Gasteiger partial charge in [-0.1, -0.05) is 25.5 Å². The van der Waals surface area contributed by atoms with E-state index in [0.717, 1.165) is 25.3 Å². The second-order valence-corrected chi connectivity index (χ2v) is 4.94. The zero-order valence-electron chi connectivity index (χ0n) is 12.4. The maximum absolute atomic E-state index is 13.9. The molecule has 5 heteroatoms. The summed E-state index contributed by atoms with van der Waals surface area (Å²) in [6.45, 7) is 1.46. The van der Waals surface area contributed by atoms with Crippen molar-refractivity contribution in [2.24, 2.45) is 0 Å². The van der Waals surface area contributed by atoms with Crippen LogP contribution in [0, 0.1) is 5.82 Å². The summed E-state index contributed by atoms with van der Waals surface area (Å²) in [5.41, 5.74) is 1.22. The Morgan fingerprint density at radius 1 is 1.32 bits per heavy atom. The Bertz CT molecular complexity index is 641. The number of aromatic nitrogens is 1. The number of Topliss-reactive ketones (excluding diaryl/α,β-unsaturated/α-hetero) is 1. The predicted molar refractivity (Wildman–Crippen MR) is 80.7 cm³/mol. The Hall–Kier alpha value is -2.27. The summed E-state index contributed by atoms with van der Waals surface area (Å²) >= 11 is 0. The van der Waals surface area contributed by atoms with Gasteiger partial charge in [-0.05, 0) is 36.6 Å². The van der Waals surface area contributed by atoms with Crippen LogP contribution in [-0.4, -0.2) is 22.5 Å². The summed E-state index contributed by atoms with van der Waals surface area (Å²) in [7, 11) is 0. The molecule has 0 amide bonds. The minimum Gasteiger partial charge on any atom is -0.436 e. The lowest BCUT2D eigenvalue weighted by molar-refractivity contribution is 0.0903. The van der Waals surface area contributed by atoms with Crippen LogP contribution in [0.4, 0.5) is 4.39 Å². The zero-order valence-corrected chi connectivity index (χ0v) is 12.4. The van der Waals surface area contributed by atoms with Crippen LogP contribution < -0.4 is 4.74 Å². The molecular weight excluding hydrogens is 285 g/mol. The van der Waals surface area contributed by atoms with E-state index in [1.54, 1.807) is 12.1 Å². The van der Waals surface area contributed by atoms with Crippen LogP contribution in [0.25, 0.3) is 0 Å². The summed E-state index contributed by atoms with van der Waals surface area (Å²) in [5.74, 6) is -1.05. The first kappa shape index (κ1) is 16.1. The van der Waals surface area contributed by atoms with Gasteiger partial charge in [0.05, 0.1) is 0 Å². The highest BCUT2D eigenvalue weighted by molar-refractivity contribution is 5.96. The number of carbonyl (C=O) groups excluding carboxylic acids is 1. The Morgan fingerprint density at radius 2 is 2.05 bits per heavy atom. The Balaban J connectivity index is 2.08. The lowest BCUT2D eigenvalue weighted by Gasteiger charge is -2.07. The van der Waals surface area contributed by atoms with Gasteiger partial charge < -0.3 is 9.84 Å². The van der Waals surface area contributed by atoms with E-state index in [-0.39, 0.29) is 11.4 Å². The van der Waals surface area contributed by atoms with Crippen molar-refractivity contribution in [3.63, 3.8) is 0 Å². The summed E-state index contributed by atoms with van der Waals surface area (Å²) in [5, 5.41) is 8.74. The number of aliphatic hydroxyl groups is 1. The Kier molecular flexibility index (Phi) is 5.61. The first-order valence-corrected chi connectivity index (χ1v) is 7.20. The van der Waals surface area contributed by atoms with Crippen molar-refractivity contribution < 1.29 is 19.0 Å². The molecule has 0 aliphatic carbocycles. The largest absolute Gasteiger partial charge is 0.436 e. The zero-order chi connectivity index (χ0) is 15.9. The van der Waals surface area contributed by atoms with Crippen LogP contribution in [0.3, 0.4) is 0 Å². The minimum absolute atomic E-state index is 0.0160. The molecule has 0 aliphatic rings. The van der Waals surface area contributed by atoms with Crippen molar-refractivity contribution in [1.82, 2.24) is 4.98 Å². The standard InChI is InChI=1S/C17H18FNO3/c1-2-3-4-12-5-7-14(8-6-12)22-17-15(18)9-13(10-19-17)16(21)11-20/h5-10,20H,2-4,11H2,1H3. The van der Waals surface area contributed by atoms with Crippen LogP contribution in [-0.2, 0) is 6.42 Å². The third-order valence-corrected chi connectivity index (χ3v) is 3.23. The average Bonchev–Trinajstić information content (AvgIpc) is 2.55. The molecule has 0 aliphatic heterocycles. The third kappa shape index (κ3) is 4.11. The van der Waals surface area contributed by atoms with Crippen LogP contribution in [0.5, 0.6) is 11.6 Å². The fourth-order valence-electron chi connectivity index (χ4n) is 1.96. The molecule has 1 aromatic carbocycles. The van der Waals surface area contributed by atoms with E-state index >= 15 is 0 Å². The van der Waals surface area contributed by atoms with E-state index in [4.69, 9.17) is 9.84 Å². The van der Waals surface area contributed by atoms with Crippen molar-refractivity contribution in [3.05, 3.63) is 53.5 Å². The van der Waals surface area contributed by atoms with Gasteiger partial charge in [-0.25, -0.2) is 9.37 Å². The first-order chi connectivity index (χ1) is 10.6. The van der Waals surface area contributed by atoms with Gasteiger partial charge in [-0.3, -0.25) is 4.79 Å². The third-order valence-electron chi connectivity index (χ3n) is 3.23. The van der Waals surface area contributed by atoms with Gasteiger partial charge in [0, 0.05) is 11.8 Å². The van der Waals surface area contributed by atoms with Gasteiger partial charge in [-0.2, -0.15) is 0 Å². The van der Waals surface area contributed by atoms with E-state index in [1.807, 2.05) is 12.1 Å². The maximum Gasteiger partial charge on any atom is 0.255 e. The topological polar surface area (TPSA) is 59.4 Å². The number of hydrogen-bond acceptors (Lipinski definition) is 4. The van der Waals surface area contributed by atoms with Crippen molar-refractivity contribution in [2.75, 3.05) is 6.61 Å². The van der Waals surface area contributed by atoms with Crippen molar-refractivity contribution in [2.45, 2.75) is 26.2 Å². The summed E-state index contributed by atoms with van der Waals surface area (Å²) < 4.78 is 19.2. The molecule has 0 spiro atoms. The minimum atomic E-state index is -0.741. The van der Waals surface area contributed by atoms with Gasteiger partial charge >= 0.3 is 0 Å². The monoisotopic (exact) mass is 303 g/mol. The first-order valence-electron chi connectivity index (χ1n) is 7.20. The molecule has 2 aromatic rings. The molecular formula is C17H18FNO3. The second kappa shape index (κ2) is 7.66. The molecule has 0 unspecified atom stereocenters. The molecule has 22 heavy (non-hydrogen) atoms. The highest BCUT2D eigenvalue weighted by atomic mass is 19.1. The predicted octanol–water partition coefficient (Wildman–Crippen LogP) is 3.53. The summed E-state index contributed by atoms with van der Waals surface area (Å²) in [4.78, 5) is 15.0. The van der Waals surface area contributed by atoms with Crippen LogP contribution in [0.1, 0.15) is 35.7 Å². The quantitative estimate of drug-likeness (QED) is 0.795. The molecule has 0 bridgehead atoms. The number of ketones is 1. The molecule has 0 radical (unpaired) electrons. The lowest BCUT2D eigenvalue weighted by atomic mass is 10.1. The van der Waals surface area contributed by atoms with E-state index in [1.165, 1.54) is 11.8 Å². The van der Waals surface area contributed by atoms with Gasteiger partial charge in [-0.15, -0.1) is 0 Å². The molecule has 4 nitrogen and oxygen atoms in total. The molecule has 1 heterocycles. The van der Waals surface area contributed by atoms with E-state index < -0.39 is 18.2 Å². The fraction of sp³-hybridized carbons (Fsp3) is 0.294. The van der Waals surface area contributed by atoms with Crippen LogP contribution >= 0.6 is 0 Å². The highest BCUT2D eigenvalue weighted by Gasteiger charge is 2.12. The molecule has 1 aromatic heterocycles. The SMILES string of the molecule is CCCCc1ccc(Oc2ncc(C(=O)CO)cc2F)cc1. The Labute approximate surface area is 128 Å². The number of pyridine rings is 1. The lowest BCUT2D eigenvalue weighted by Crippen LogP contribution is -2.06. The molecule has 0 saturated heterocycles. The van der Waals surface area contributed by atoms with E-state index in [9.17, 15) is 9.18 Å². The van der Waals surface area contributed by atoms with Crippen LogP contribution in [0.15, 0.2) is 36.5 Å². The second-order valence-electron chi connectivity index (χ2n) is 4.94. The van der Waals surface area contributed by atoms with Gasteiger partial charge in [0.25, 0.3) is 5.88 Å². The van der Waals surface area contributed by atoms with Crippen LogP contribution in [0.2, 0.25) is 0 Å².